The van der Waals surface area contributed by atoms with E-state index in [1.54, 1.807) is 30.3 Å². The first-order chi connectivity index (χ1) is 9.06. The summed E-state index contributed by atoms with van der Waals surface area (Å²) >= 11 is 0. The maximum Gasteiger partial charge on any atom is 0.335 e. The smallest absolute Gasteiger partial charge is 0.335 e. The van der Waals surface area contributed by atoms with E-state index in [4.69, 9.17) is 5.11 Å². The molecule has 0 radical (unpaired) electrons. The SMILES string of the molecule is Cc1cc(O)ccc1C=Cc1cccc(C(=O)O)c1. The Morgan fingerprint density at radius 3 is 2.58 bits per heavy atom. The second kappa shape index (κ2) is 5.40. The monoisotopic (exact) mass is 254 g/mol. The molecule has 96 valence electrons. The lowest BCUT2D eigenvalue weighted by Gasteiger charge is -2.01. The van der Waals surface area contributed by atoms with Gasteiger partial charge < -0.3 is 10.2 Å². The molecule has 0 saturated heterocycles. The average molecular weight is 254 g/mol. The molecule has 0 saturated carbocycles. The molecule has 19 heavy (non-hydrogen) atoms. The van der Waals surface area contributed by atoms with E-state index in [-0.39, 0.29) is 11.3 Å². The number of aromatic carboxylic acids is 1. The van der Waals surface area contributed by atoms with Crippen molar-refractivity contribution in [3.63, 3.8) is 0 Å². The molecule has 0 amide bonds. The van der Waals surface area contributed by atoms with Crippen LogP contribution in [0.4, 0.5) is 0 Å². The minimum Gasteiger partial charge on any atom is -0.508 e. The van der Waals surface area contributed by atoms with Crippen molar-refractivity contribution in [1.82, 2.24) is 0 Å². The van der Waals surface area contributed by atoms with E-state index in [2.05, 4.69) is 0 Å². The van der Waals surface area contributed by atoms with Gasteiger partial charge in [-0.05, 0) is 47.9 Å². The predicted molar refractivity (Wildman–Crippen MR) is 75.2 cm³/mol. The van der Waals surface area contributed by atoms with Gasteiger partial charge in [0.25, 0.3) is 0 Å². The molecule has 0 aliphatic heterocycles. The van der Waals surface area contributed by atoms with Gasteiger partial charge in [-0.25, -0.2) is 4.79 Å². The van der Waals surface area contributed by atoms with E-state index < -0.39 is 5.97 Å². The molecule has 2 N–H and O–H groups in total. The van der Waals surface area contributed by atoms with E-state index in [9.17, 15) is 9.90 Å². The Hall–Kier alpha value is -2.55. The number of phenolic OH excluding ortho intramolecular Hbond substituents is 1. The standard InChI is InChI=1S/C16H14O3/c1-11-9-15(17)8-7-13(11)6-5-12-3-2-4-14(10-12)16(18)19/h2-10,17H,1H3,(H,18,19). The number of aryl methyl sites for hydroxylation is 1. The molecule has 2 aromatic rings. The zero-order valence-corrected chi connectivity index (χ0v) is 10.5. The minimum absolute atomic E-state index is 0.238. The second-order valence-electron chi connectivity index (χ2n) is 4.30. The van der Waals surface area contributed by atoms with Crippen molar-refractivity contribution < 1.29 is 15.0 Å². The van der Waals surface area contributed by atoms with Gasteiger partial charge in [0.15, 0.2) is 0 Å². The first-order valence-corrected chi connectivity index (χ1v) is 5.87. The highest BCUT2D eigenvalue weighted by Crippen LogP contribution is 2.18. The molecule has 0 unspecified atom stereocenters. The summed E-state index contributed by atoms with van der Waals surface area (Å²) in [6.07, 6.45) is 3.75. The summed E-state index contributed by atoms with van der Waals surface area (Å²) in [5, 5.41) is 18.2. The van der Waals surface area contributed by atoms with Crippen LogP contribution in [0.2, 0.25) is 0 Å². The van der Waals surface area contributed by atoms with Gasteiger partial charge in [0.05, 0.1) is 5.56 Å². The zero-order valence-electron chi connectivity index (χ0n) is 10.5. The van der Waals surface area contributed by atoms with Crippen molar-refractivity contribution in [2.45, 2.75) is 6.92 Å². The van der Waals surface area contributed by atoms with Gasteiger partial charge in [0.2, 0.25) is 0 Å². The predicted octanol–water partition coefficient (Wildman–Crippen LogP) is 3.57. The summed E-state index contributed by atoms with van der Waals surface area (Å²) in [7, 11) is 0. The number of hydrogen-bond acceptors (Lipinski definition) is 2. The van der Waals surface area contributed by atoms with Crippen LogP contribution in [0, 0.1) is 6.92 Å². The lowest BCUT2D eigenvalue weighted by molar-refractivity contribution is 0.0697. The summed E-state index contributed by atoms with van der Waals surface area (Å²) in [5.74, 6) is -0.696. The minimum atomic E-state index is -0.934. The first-order valence-electron chi connectivity index (χ1n) is 5.87. The maximum absolute atomic E-state index is 10.9. The number of carboxylic acid groups (broad SMARTS) is 1. The number of aromatic hydroxyl groups is 1. The molecule has 0 heterocycles. The number of benzene rings is 2. The molecule has 3 nitrogen and oxygen atoms in total. The Bertz CT molecular complexity index is 642. The second-order valence-corrected chi connectivity index (χ2v) is 4.30. The van der Waals surface area contributed by atoms with E-state index in [0.29, 0.717) is 0 Å². The maximum atomic E-state index is 10.9. The fourth-order valence-electron chi connectivity index (χ4n) is 1.81. The van der Waals surface area contributed by atoms with Crippen molar-refractivity contribution in [1.29, 1.82) is 0 Å². The number of carbonyl (C=O) groups is 1. The fourth-order valence-corrected chi connectivity index (χ4v) is 1.81. The summed E-state index contributed by atoms with van der Waals surface area (Å²) in [4.78, 5) is 10.9. The molecule has 2 rings (SSSR count). The molecule has 0 atom stereocenters. The van der Waals surface area contributed by atoms with Crippen molar-refractivity contribution in [3.8, 4) is 5.75 Å². The van der Waals surface area contributed by atoms with Crippen LogP contribution in [-0.2, 0) is 0 Å². The third-order valence-electron chi connectivity index (χ3n) is 2.84. The molecule has 0 aliphatic carbocycles. The van der Waals surface area contributed by atoms with Crippen LogP contribution < -0.4 is 0 Å². The lowest BCUT2D eigenvalue weighted by atomic mass is 10.1. The highest BCUT2D eigenvalue weighted by molar-refractivity contribution is 5.88. The first kappa shape index (κ1) is 12.9. The summed E-state index contributed by atoms with van der Waals surface area (Å²) in [5.41, 5.74) is 3.04. The fraction of sp³-hybridized carbons (Fsp3) is 0.0625. The van der Waals surface area contributed by atoms with Crippen LogP contribution in [0.15, 0.2) is 42.5 Å². The van der Waals surface area contributed by atoms with E-state index in [1.165, 1.54) is 0 Å². The van der Waals surface area contributed by atoms with Gasteiger partial charge in [0.1, 0.15) is 5.75 Å². The Morgan fingerprint density at radius 1 is 1.11 bits per heavy atom. The number of rotatable bonds is 3. The number of carboxylic acids is 1. The van der Waals surface area contributed by atoms with Gasteiger partial charge in [-0.3, -0.25) is 0 Å². The Labute approximate surface area is 111 Å². The van der Waals surface area contributed by atoms with Crippen LogP contribution in [0.3, 0.4) is 0 Å². The Kier molecular flexibility index (Phi) is 3.66. The van der Waals surface area contributed by atoms with Crippen LogP contribution in [0.5, 0.6) is 5.75 Å². The van der Waals surface area contributed by atoms with E-state index in [0.717, 1.165) is 16.7 Å². The molecule has 0 bridgehead atoms. The third kappa shape index (κ3) is 3.22. The molecule has 2 aromatic carbocycles. The highest BCUT2D eigenvalue weighted by atomic mass is 16.4. The normalized spacial score (nSPS) is 10.8. The molecule has 3 heteroatoms. The largest absolute Gasteiger partial charge is 0.508 e. The summed E-state index contributed by atoms with van der Waals surface area (Å²) in [6.45, 7) is 1.91. The van der Waals surface area contributed by atoms with Crippen LogP contribution in [-0.4, -0.2) is 16.2 Å². The quantitative estimate of drug-likeness (QED) is 0.823. The Balaban J connectivity index is 2.27. The zero-order chi connectivity index (χ0) is 13.8. The molecular weight excluding hydrogens is 240 g/mol. The summed E-state index contributed by atoms with van der Waals surface area (Å²) < 4.78 is 0. The van der Waals surface area contributed by atoms with Gasteiger partial charge in [0, 0.05) is 0 Å². The van der Waals surface area contributed by atoms with Crippen molar-refractivity contribution in [2.75, 3.05) is 0 Å². The van der Waals surface area contributed by atoms with Crippen LogP contribution >= 0.6 is 0 Å². The number of phenols is 1. The lowest BCUT2D eigenvalue weighted by Crippen LogP contribution is -1.95. The molecule has 0 fully saturated rings. The van der Waals surface area contributed by atoms with E-state index >= 15 is 0 Å². The van der Waals surface area contributed by atoms with Crippen LogP contribution in [0.1, 0.15) is 27.0 Å². The molecule has 0 aromatic heterocycles. The van der Waals surface area contributed by atoms with Gasteiger partial charge in [-0.1, -0.05) is 30.4 Å². The van der Waals surface area contributed by atoms with Crippen molar-refractivity contribution in [3.05, 3.63) is 64.7 Å². The molecular formula is C16H14O3. The summed E-state index contributed by atoms with van der Waals surface area (Å²) in [6, 6.07) is 11.9. The van der Waals surface area contributed by atoms with Crippen molar-refractivity contribution >= 4 is 18.1 Å². The van der Waals surface area contributed by atoms with Crippen LogP contribution in [0.25, 0.3) is 12.2 Å². The third-order valence-corrected chi connectivity index (χ3v) is 2.84. The average Bonchev–Trinajstić information content (AvgIpc) is 2.38. The van der Waals surface area contributed by atoms with Gasteiger partial charge in [-0.15, -0.1) is 0 Å². The van der Waals surface area contributed by atoms with Gasteiger partial charge in [-0.2, -0.15) is 0 Å². The van der Waals surface area contributed by atoms with Gasteiger partial charge >= 0.3 is 5.97 Å². The van der Waals surface area contributed by atoms with Crippen molar-refractivity contribution in [2.24, 2.45) is 0 Å². The highest BCUT2D eigenvalue weighted by Gasteiger charge is 2.01. The topological polar surface area (TPSA) is 57.5 Å². The number of hydrogen-bond donors (Lipinski definition) is 2. The van der Waals surface area contributed by atoms with E-state index in [1.807, 2.05) is 31.2 Å². The molecule has 0 spiro atoms. The Morgan fingerprint density at radius 2 is 1.89 bits per heavy atom. The molecule has 0 aliphatic rings.